The van der Waals surface area contributed by atoms with Gasteiger partial charge in [-0.05, 0) is 48.5 Å². The molecule has 0 radical (unpaired) electrons. The van der Waals surface area contributed by atoms with E-state index in [1.165, 1.54) is 0 Å². The lowest BCUT2D eigenvalue weighted by atomic mass is 10.2. The SMILES string of the molecule is COc1ccccc1-c1nc(-c2cccc(NC(=O)COc3ccc(Cl)cc3)c2)no1. The Morgan fingerprint density at radius 2 is 1.87 bits per heavy atom. The average Bonchev–Trinajstić information content (AvgIpc) is 3.29. The van der Waals surface area contributed by atoms with E-state index in [2.05, 4.69) is 15.5 Å². The zero-order valence-corrected chi connectivity index (χ0v) is 17.3. The molecule has 0 aliphatic heterocycles. The molecule has 1 amide bonds. The Hall–Kier alpha value is -3.84. The molecule has 1 heterocycles. The van der Waals surface area contributed by atoms with Crippen LogP contribution < -0.4 is 14.8 Å². The van der Waals surface area contributed by atoms with Crippen LogP contribution in [0.3, 0.4) is 0 Å². The van der Waals surface area contributed by atoms with Gasteiger partial charge in [0, 0.05) is 16.3 Å². The predicted molar refractivity (Wildman–Crippen MR) is 117 cm³/mol. The number of carbonyl (C=O) groups excluding carboxylic acids is 1. The fourth-order valence-corrected chi connectivity index (χ4v) is 3.01. The van der Waals surface area contributed by atoms with Crippen molar-refractivity contribution in [1.29, 1.82) is 0 Å². The minimum absolute atomic E-state index is 0.133. The molecule has 0 saturated heterocycles. The Morgan fingerprint density at radius 1 is 1.06 bits per heavy atom. The first kappa shape index (κ1) is 20.4. The van der Waals surface area contributed by atoms with Crippen molar-refractivity contribution >= 4 is 23.2 Å². The number of ether oxygens (including phenoxy) is 2. The van der Waals surface area contributed by atoms with Gasteiger partial charge in [-0.1, -0.05) is 41.0 Å². The molecular formula is C23H18ClN3O4. The number of nitrogens with one attached hydrogen (secondary N) is 1. The van der Waals surface area contributed by atoms with Crippen LogP contribution in [0.1, 0.15) is 0 Å². The summed E-state index contributed by atoms with van der Waals surface area (Å²) < 4.78 is 16.2. The van der Waals surface area contributed by atoms with E-state index in [0.29, 0.717) is 45.1 Å². The summed E-state index contributed by atoms with van der Waals surface area (Å²) in [5, 5.41) is 7.45. The molecule has 1 aromatic heterocycles. The lowest BCUT2D eigenvalue weighted by molar-refractivity contribution is -0.118. The van der Waals surface area contributed by atoms with E-state index in [4.69, 9.17) is 25.6 Å². The molecule has 0 aliphatic rings. The second kappa shape index (κ2) is 9.32. The Labute approximate surface area is 183 Å². The lowest BCUT2D eigenvalue weighted by Crippen LogP contribution is -2.20. The van der Waals surface area contributed by atoms with Gasteiger partial charge in [0.05, 0.1) is 12.7 Å². The Morgan fingerprint density at radius 3 is 2.68 bits per heavy atom. The molecule has 0 fully saturated rings. The van der Waals surface area contributed by atoms with Crippen molar-refractivity contribution in [3.8, 4) is 34.3 Å². The number of aromatic nitrogens is 2. The molecule has 8 heteroatoms. The smallest absolute Gasteiger partial charge is 0.262 e. The summed E-state index contributed by atoms with van der Waals surface area (Å²) in [6.07, 6.45) is 0. The zero-order chi connectivity index (χ0) is 21.6. The molecule has 4 rings (SSSR count). The molecular weight excluding hydrogens is 418 g/mol. The minimum atomic E-state index is -0.296. The summed E-state index contributed by atoms with van der Waals surface area (Å²) in [5.41, 5.74) is 1.99. The lowest BCUT2D eigenvalue weighted by Gasteiger charge is -2.08. The highest BCUT2D eigenvalue weighted by molar-refractivity contribution is 6.30. The number of hydrogen-bond donors (Lipinski definition) is 1. The summed E-state index contributed by atoms with van der Waals surface area (Å²) in [4.78, 5) is 16.7. The van der Waals surface area contributed by atoms with E-state index in [0.717, 1.165) is 0 Å². The normalized spacial score (nSPS) is 10.5. The van der Waals surface area contributed by atoms with E-state index >= 15 is 0 Å². The van der Waals surface area contributed by atoms with Crippen molar-refractivity contribution in [3.63, 3.8) is 0 Å². The Balaban J connectivity index is 1.44. The van der Waals surface area contributed by atoms with Gasteiger partial charge in [0.1, 0.15) is 11.5 Å². The zero-order valence-electron chi connectivity index (χ0n) is 16.5. The van der Waals surface area contributed by atoms with Crippen LogP contribution >= 0.6 is 11.6 Å². The number of methoxy groups -OCH3 is 1. The second-order valence-corrected chi connectivity index (χ2v) is 6.93. The molecule has 0 atom stereocenters. The number of rotatable bonds is 7. The van der Waals surface area contributed by atoms with Gasteiger partial charge in [-0.15, -0.1) is 0 Å². The molecule has 156 valence electrons. The maximum Gasteiger partial charge on any atom is 0.262 e. The van der Waals surface area contributed by atoms with E-state index < -0.39 is 0 Å². The molecule has 31 heavy (non-hydrogen) atoms. The van der Waals surface area contributed by atoms with Crippen LogP contribution in [0.15, 0.2) is 77.3 Å². The van der Waals surface area contributed by atoms with Gasteiger partial charge in [-0.3, -0.25) is 4.79 Å². The van der Waals surface area contributed by atoms with Gasteiger partial charge in [-0.2, -0.15) is 4.98 Å². The molecule has 0 unspecified atom stereocenters. The number of benzene rings is 3. The highest BCUT2D eigenvalue weighted by atomic mass is 35.5. The molecule has 7 nitrogen and oxygen atoms in total. The van der Waals surface area contributed by atoms with Crippen molar-refractivity contribution in [2.45, 2.75) is 0 Å². The number of para-hydroxylation sites is 1. The molecule has 0 aliphatic carbocycles. The van der Waals surface area contributed by atoms with E-state index in [1.807, 2.05) is 30.3 Å². The van der Waals surface area contributed by atoms with Gasteiger partial charge in [0.15, 0.2) is 6.61 Å². The van der Waals surface area contributed by atoms with Crippen LogP contribution in [0.2, 0.25) is 5.02 Å². The van der Waals surface area contributed by atoms with Crippen LogP contribution in [0.25, 0.3) is 22.8 Å². The number of carbonyl (C=O) groups is 1. The maximum absolute atomic E-state index is 12.2. The van der Waals surface area contributed by atoms with Crippen LogP contribution in [0.5, 0.6) is 11.5 Å². The molecule has 0 saturated carbocycles. The average molecular weight is 436 g/mol. The quantitative estimate of drug-likeness (QED) is 0.435. The summed E-state index contributed by atoms with van der Waals surface area (Å²) in [7, 11) is 1.58. The third-order valence-electron chi connectivity index (χ3n) is 4.35. The standard InChI is InChI=1S/C23H18ClN3O4/c1-29-20-8-3-2-7-19(20)23-26-22(27-31-23)15-5-4-6-17(13-15)25-21(28)14-30-18-11-9-16(24)10-12-18/h2-13H,14H2,1H3,(H,25,28). The maximum atomic E-state index is 12.2. The molecule has 0 spiro atoms. The summed E-state index contributed by atoms with van der Waals surface area (Å²) >= 11 is 5.84. The summed E-state index contributed by atoms with van der Waals surface area (Å²) in [6.45, 7) is -0.133. The molecule has 4 aromatic rings. The number of halogens is 1. The summed E-state index contributed by atoms with van der Waals surface area (Å²) in [5.74, 6) is 1.64. The first-order valence-electron chi connectivity index (χ1n) is 9.38. The molecule has 1 N–H and O–H groups in total. The van der Waals surface area contributed by atoms with Crippen LogP contribution in [0, 0.1) is 0 Å². The largest absolute Gasteiger partial charge is 0.496 e. The Bertz CT molecular complexity index is 1190. The highest BCUT2D eigenvalue weighted by Gasteiger charge is 2.15. The van der Waals surface area contributed by atoms with Gasteiger partial charge >= 0.3 is 0 Å². The van der Waals surface area contributed by atoms with Crippen molar-refractivity contribution in [2.75, 3.05) is 19.0 Å². The van der Waals surface area contributed by atoms with Gasteiger partial charge < -0.3 is 19.3 Å². The van der Waals surface area contributed by atoms with Crippen molar-refractivity contribution in [3.05, 3.63) is 77.8 Å². The Kier molecular flexibility index (Phi) is 6.14. The number of anilines is 1. The van der Waals surface area contributed by atoms with Crippen LogP contribution in [-0.4, -0.2) is 29.8 Å². The van der Waals surface area contributed by atoms with Crippen LogP contribution in [-0.2, 0) is 4.79 Å². The third kappa shape index (κ3) is 5.02. The number of hydrogen-bond acceptors (Lipinski definition) is 6. The molecule has 0 bridgehead atoms. The van der Waals surface area contributed by atoms with Gasteiger partial charge in [-0.25, -0.2) is 0 Å². The third-order valence-corrected chi connectivity index (χ3v) is 4.60. The van der Waals surface area contributed by atoms with Crippen molar-refractivity contribution in [1.82, 2.24) is 10.1 Å². The van der Waals surface area contributed by atoms with E-state index in [-0.39, 0.29) is 12.5 Å². The fourth-order valence-electron chi connectivity index (χ4n) is 2.88. The number of nitrogens with zero attached hydrogens (tertiary/aromatic N) is 2. The highest BCUT2D eigenvalue weighted by Crippen LogP contribution is 2.30. The first-order valence-corrected chi connectivity index (χ1v) is 9.76. The monoisotopic (exact) mass is 435 g/mol. The van der Waals surface area contributed by atoms with E-state index in [9.17, 15) is 4.79 Å². The van der Waals surface area contributed by atoms with Gasteiger partial charge in [0.25, 0.3) is 11.8 Å². The van der Waals surface area contributed by atoms with Crippen LogP contribution in [0.4, 0.5) is 5.69 Å². The van der Waals surface area contributed by atoms with Crippen molar-refractivity contribution in [2.24, 2.45) is 0 Å². The number of amides is 1. The van der Waals surface area contributed by atoms with Gasteiger partial charge in [0.2, 0.25) is 5.82 Å². The second-order valence-electron chi connectivity index (χ2n) is 6.49. The molecule has 3 aromatic carbocycles. The summed E-state index contributed by atoms with van der Waals surface area (Å²) in [6, 6.07) is 21.3. The first-order chi connectivity index (χ1) is 15.1. The minimum Gasteiger partial charge on any atom is -0.496 e. The fraction of sp³-hybridized carbons (Fsp3) is 0.0870. The van der Waals surface area contributed by atoms with E-state index in [1.54, 1.807) is 49.6 Å². The van der Waals surface area contributed by atoms with Crippen molar-refractivity contribution < 1.29 is 18.8 Å². The predicted octanol–water partition coefficient (Wildman–Crippen LogP) is 5.08. The topological polar surface area (TPSA) is 86.5 Å².